The number of hydrogen-bond acceptors (Lipinski definition) is 6. The van der Waals surface area contributed by atoms with Crippen LogP contribution in [0.1, 0.15) is 40.9 Å². The lowest BCUT2D eigenvalue weighted by Gasteiger charge is -2.31. The van der Waals surface area contributed by atoms with Crippen LogP contribution < -0.4 is 0 Å². The van der Waals surface area contributed by atoms with Crippen molar-refractivity contribution in [2.24, 2.45) is 7.05 Å². The summed E-state index contributed by atoms with van der Waals surface area (Å²) in [4.78, 5) is 18.3. The van der Waals surface area contributed by atoms with Gasteiger partial charge in [0.2, 0.25) is 0 Å². The molecule has 0 radical (unpaired) electrons. The van der Waals surface area contributed by atoms with Crippen molar-refractivity contribution in [1.29, 1.82) is 0 Å². The molecular formula is C18H21N7O2. The van der Waals surface area contributed by atoms with Gasteiger partial charge in [0.1, 0.15) is 18.1 Å². The van der Waals surface area contributed by atoms with E-state index in [0.29, 0.717) is 19.6 Å². The van der Waals surface area contributed by atoms with Crippen molar-refractivity contribution in [3.8, 4) is 5.75 Å². The average Bonchev–Trinajstić information content (AvgIpc) is 3.33. The lowest BCUT2D eigenvalue weighted by molar-refractivity contribution is 0.0701. The van der Waals surface area contributed by atoms with Gasteiger partial charge in [-0.1, -0.05) is 0 Å². The van der Waals surface area contributed by atoms with Crippen molar-refractivity contribution in [1.82, 2.24) is 34.4 Å². The van der Waals surface area contributed by atoms with Gasteiger partial charge in [0.15, 0.2) is 11.5 Å². The molecule has 4 rings (SSSR count). The van der Waals surface area contributed by atoms with E-state index in [1.54, 1.807) is 17.2 Å². The predicted octanol–water partition coefficient (Wildman–Crippen LogP) is 1.18. The number of carbonyl (C=O) groups is 1. The maximum atomic E-state index is 12.6. The van der Waals surface area contributed by atoms with Crippen LogP contribution in [0.2, 0.25) is 0 Å². The van der Waals surface area contributed by atoms with Gasteiger partial charge in [0.25, 0.3) is 5.91 Å². The Hall–Kier alpha value is -3.23. The summed E-state index contributed by atoms with van der Waals surface area (Å²) in [6, 6.07) is 4.96. The monoisotopic (exact) mass is 367 g/mol. The number of rotatable bonds is 4. The molecule has 140 valence electrons. The topological polar surface area (TPSA) is 102 Å². The fraction of sp³-hybridized carbons (Fsp3) is 0.389. The zero-order valence-corrected chi connectivity index (χ0v) is 15.1. The maximum Gasteiger partial charge on any atom is 0.276 e. The lowest BCUT2D eigenvalue weighted by Crippen LogP contribution is -2.38. The third-order valence-electron chi connectivity index (χ3n) is 5.00. The number of hydrogen-bond donors (Lipinski definition) is 1. The first-order valence-electron chi connectivity index (χ1n) is 8.92. The Balaban J connectivity index is 1.42. The van der Waals surface area contributed by atoms with Crippen LogP contribution in [-0.2, 0) is 13.6 Å². The summed E-state index contributed by atoms with van der Waals surface area (Å²) in [6.07, 6.45) is 6.75. The van der Waals surface area contributed by atoms with Gasteiger partial charge in [0, 0.05) is 44.6 Å². The van der Waals surface area contributed by atoms with E-state index in [2.05, 4.69) is 20.3 Å². The van der Waals surface area contributed by atoms with Gasteiger partial charge in [0.05, 0.1) is 0 Å². The molecule has 0 bridgehead atoms. The summed E-state index contributed by atoms with van der Waals surface area (Å²) in [5.41, 5.74) is 0.108. The summed E-state index contributed by atoms with van der Waals surface area (Å²) in [5.74, 6) is 1.72. The largest absolute Gasteiger partial charge is 0.505 e. The van der Waals surface area contributed by atoms with Crippen LogP contribution in [0.4, 0.5) is 0 Å². The van der Waals surface area contributed by atoms with E-state index < -0.39 is 0 Å². The summed E-state index contributed by atoms with van der Waals surface area (Å²) in [5, 5.41) is 22.7. The number of nitrogens with zero attached hydrogens (tertiary/aromatic N) is 7. The minimum atomic E-state index is -0.233. The quantitative estimate of drug-likeness (QED) is 0.743. The van der Waals surface area contributed by atoms with Gasteiger partial charge in [-0.15, -0.1) is 10.2 Å². The molecule has 1 amide bonds. The van der Waals surface area contributed by atoms with Crippen LogP contribution in [0, 0.1) is 0 Å². The van der Waals surface area contributed by atoms with E-state index in [0.717, 1.165) is 24.5 Å². The molecule has 3 aromatic heterocycles. The number of likely N-dealkylation sites (tertiary alicyclic amines) is 1. The maximum absolute atomic E-state index is 12.6. The van der Waals surface area contributed by atoms with E-state index in [1.165, 1.54) is 12.3 Å². The van der Waals surface area contributed by atoms with Crippen LogP contribution in [-0.4, -0.2) is 58.5 Å². The fourth-order valence-corrected chi connectivity index (χ4v) is 3.46. The highest BCUT2D eigenvalue weighted by atomic mass is 16.3. The highest BCUT2D eigenvalue weighted by molar-refractivity contribution is 5.94. The standard InChI is InChI=1S/C18H21N7O2/c1-23-15(12-25-9-3-8-20-25)21-22-17(23)13-5-10-24(11-6-13)18(27)16-14(26)4-2-7-19-16/h2-4,7-9,13,26H,5-6,10-12H2,1H3. The molecule has 1 aliphatic heterocycles. The second kappa shape index (κ2) is 7.18. The SMILES string of the molecule is Cn1c(Cn2cccn2)nnc1C1CCN(C(=O)c2ncccc2O)CC1. The highest BCUT2D eigenvalue weighted by Gasteiger charge is 2.29. The van der Waals surface area contributed by atoms with Crippen LogP contribution >= 0.6 is 0 Å². The van der Waals surface area contributed by atoms with Gasteiger partial charge in [-0.05, 0) is 31.0 Å². The highest BCUT2D eigenvalue weighted by Crippen LogP contribution is 2.28. The van der Waals surface area contributed by atoms with Gasteiger partial charge in [-0.3, -0.25) is 9.48 Å². The predicted molar refractivity (Wildman–Crippen MR) is 96.1 cm³/mol. The van der Waals surface area contributed by atoms with E-state index in [1.807, 2.05) is 28.6 Å². The summed E-state index contributed by atoms with van der Waals surface area (Å²) in [7, 11) is 1.97. The molecule has 4 heterocycles. The summed E-state index contributed by atoms with van der Waals surface area (Å²) in [6.45, 7) is 1.77. The minimum absolute atomic E-state index is 0.0822. The lowest BCUT2D eigenvalue weighted by atomic mass is 9.95. The van der Waals surface area contributed by atoms with Crippen molar-refractivity contribution in [2.45, 2.75) is 25.3 Å². The Labute approximate surface area is 156 Å². The number of carbonyl (C=O) groups excluding carboxylic acids is 1. The molecule has 0 spiro atoms. The third-order valence-corrected chi connectivity index (χ3v) is 5.00. The molecule has 9 nitrogen and oxygen atoms in total. The second-order valence-corrected chi connectivity index (χ2v) is 6.67. The van der Waals surface area contributed by atoms with Crippen LogP contribution in [0.25, 0.3) is 0 Å². The fourth-order valence-electron chi connectivity index (χ4n) is 3.46. The molecular weight excluding hydrogens is 346 g/mol. The first kappa shape index (κ1) is 17.2. The van der Waals surface area contributed by atoms with Gasteiger partial charge in [-0.25, -0.2) is 4.98 Å². The smallest absolute Gasteiger partial charge is 0.276 e. The van der Waals surface area contributed by atoms with Crippen molar-refractivity contribution >= 4 is 5.91 Å². The molecule has 9 heteroatoms. The number of pyridine rings is 1. The van der Waals surface area contributed by atoms with Crippen LogP contribution in [0.3, 0.4) is 0 Å². The number of piperidine rings is 1. The van der Waals surface area contributed by atoms with E-state index in [4.69, 9.17) is 0 Å². The Morgan fingerprint density at radius 1 is 1.22 bits per heavy atom. The van der Waals surface area contributed by atoms with Gasteiger partial charge < -0.3 is 14.6 Å². The van der Waals surface area contributed by atoms with Crippen molar-refractivity contribution in [3.05, 3.63) is 54.1 Å². The summed E-state index contributed by atoms with van der Waals surface area (Å²) >= 11 is 0. The Morgan fingerprint density at radius 2 is 2.04 bits per heavy atom. The van der Waals surface area contributed by atoms with Crippen molar-refractivity contribution in [3.63, 3.8) is 0 Å². The molecule has 1 fully saturated rings. The zero-order valence-electron chi connectivity index (χ0n) is 15.1. The van der Waals surface area contributed by atoms with Crippen LogP contribution in [0.15, 0.2) is 36.8 Å². The molecule has 0 aliphatic carbocycles. The average molecular weight is 367 g/mol. The molecule has 0 saturated carbocycles. The molecule has 27 heavy (non-hydrogen) atoms. The first-order chi connectivity index (χ1) is 13.1. The molecule has 0 atom stereocenters. The Morgan fingerprint density at radius 3 is 2.74 bits per heavy atom. The second-order valence-electron chi connectivity index (χ2n) is 6.67. The zero-order chi connectivity index (χ0) is 18.8. The number of amides is 1. The number of aromatic hydroxyl groups is 1. The molecule has 0 unspecified atom stereocenters. The van der Waals surface area contributed by atoms with Crippen LogP contribution in [0.5, 0.6) is 5.75 Å². The van der Waals surface area contributed by atoms with E-state index in [-0.39, 0.29) is 23.3 Å². The van der Waals surface area contributed by atoms with Gasteiger partial charge >= 0.3 is 0 Å². The summed E-state index contributed by atoms with van der Waals surface area (Å²) < 4.78 is 3.84. The minimum Gasteiger partial charge on any atom is -0.505 e. The molecule has 1 N–H and O–H groups in total. The van der Waals surface area contributed by atoms with Crippen molar-refractivity contribution in [2.75, 3.05) is 13.1 Å². The van der Waals surface area contributed by atoms with E-state index in [9.17, 15) is 9.90 Å². The first-order valence-corrected chi connectivity index (χ1v) is 8.92. The third kappa shape index (κ3) is 3.40. The Kier molecular flexibility index (Phi) is 4.57. The Bertz CT molecular complexity index is 927. The number of aromatic nitrogens is 6. The van der Waals surface area contributed by atoms with E-state index >= 15 is 0 Å². The molecule has 3 aromatic rings. The van der Waals surface area contributed by atoms with Gasteiger partial charge in [-0.2, -0.15) is 5.10 Å². The molecule has 1 aliphatic rings. The van der Waals surface area contributed by atoms with Crippen molar-refractivity contribution < 1.29 is 9.90 Å². The molecule has 0 aromatic carbocycles. The molecule has 1 saturated heterocycles. The normalized spacial score (nSPS) is 15.2.